The molecule has 0 atom stereocenters. The summed E-state index contributed by atoms with van der Waals surface area (Å²) in [7, 11) is 0. The molecule has 1 fully saturated rings. The number of nitrogens with one attached hydrogen (secondary N) is 1. The van der Waals surface area contributed by atoms with Crippen molar-refractivity contribution in [3.63, 3.8) is 0 Å². The molecule has 3 aromatic carbocycles. The molecule has 3 amide bonds. The molecule has 0 aromatic heterocycles. The summed E-state index contributed by atoms with van der Waals surface area (Å²) in [6, 6.07) is 19.8. The summed E-state index contributed by atoms with van der Waals surface area (Å²) in [6.45, 7) is 4.09. The lowest BCUT2D eigenvalue weighted by atomic mass is 10.0. The highest BCUT2D eigenvalue weighted by atomic mass is 35.5. The van der Waals surface area contributed by atoms with Crippen LogP contribution in [0.25, 0.3) is 6.08 Å². The van der Waals surface area contributed by atoms with Crippen molar-refractivity contribution in [2.75, 3.05) is 11.9 Å². The van der Waals surface area contributed by atoms with Crippen LogP contribution in [-0.2, 0) is 16.2 Å². The highest BCUT2D eigenvalue weighted by Gasteiger charge is 2.36. The van der Waals surface area contributed by atoms with E-state index in [1.165, 1.54) is 0 Å². The SMILES string of the molecule is CC(C)c1ccc(NC(=O)CN2C(=O)S/C(=C/c3ccc(OCc4ccc(Cl)cc4Cl)cc3)C2=O)cc1. The molecule has 4 rings (SSSR count). The van der Waals surface area contributed by atoms with Gasteiger partial charge in [-0.05, 0) is 71.3 Å². The van der Waals surface area contributed by atoms with E-state index >= 15 is 0 Å². The third-order valence-electron chi connectivity index (χ3n) is 5.62. The van der Waals surface area contributed by atoms with E-state index in [9.17, 15) is 14.4 Å². The van der Waals surface area contributed by atoms with E-state index in [2.05, 4.69) is 19.2 Å². The molecule has 0 aliphatic carbocycles. The summed E-state index contributed by atoms with van der Waals surface area (Å²) in [4.78, 5) is 38.9. The molecule has 1 heterocycles. The quantitative estimate of drug-likeness (QED) is 0.294. The molecule has 0 unspecified atom stereocenters. The largest absolute Gasteiger partial charge is 0.489 e. The molecular weight excluding hydrogens is 531 g/mol. The van der Waals surface area contributed by atoms with Gasteiger partial charge in [0.1, 0.15) is 18.9 Å². The van der Waals surface area contributed by atoms with Crippen LogP contribution in [0.3, 0.4) is 0 Å². The zero-order valence-corrected chi connectivity index (χ0v) is 22.5. The first kappa shape index (κ1) is 26.8. The Morgan fingerprint density at radius 1 is 1.03 bits per heavy atom. The molecule has 6 nitrogen and oxygen atoms in total. The molecular formula is C28H24Cl2N2O4S. The predicted octanol–water partition coefficient (Wildman–Crippen LogP) is 7.37. The molecule has 1 N–H and O–H groups in total. The molecule has 9 heteroatoms. The molecule has 190 valence electrons. The number of hydrogen-bond donors (Lipinski definition) is 1. The maximum atomic E-state index is 12.8. The van der Waals surface area contributed by atoms with Gasteiger partial charge in [0.2, 0.25) is 5.91 Å². The van der Waals surface area contributed by atoms with E-state index in [-0.39, 0.29) is 18.1 Å². The Balaban J connectivity index is 1.34. The second-order valence-corrected chi connectivity index (χ2v) is 10.5. The predicted molar refractivity (Wildman–Crippen MR) is 149 cm³/mol. The van der Waals surface area contributed by atoms with Crippen molar-refractivity contribution in [1.82, 2.24) is 4.90 Å². The first-order valence-corrected chi connectivity index (χ1v) is 13.1. The standard InChI is InChI=1S/C28H24Cl2N2O4S/c1-17(2)19-6-9-22(10-7-19)31-26(33)15-32-27(34)25(37-28(32)35)13-18-3-11-23(12-4-18)36-16-20-5-8-21(29)14-24(20)30/h3-14,17H,15-16H2,1-2H3,(H,31,33)/b25-13+. The van der Waals surface area contributed by atoms with Crippen LogP contribution in [0.1, 0.15) is 36.5 Å². The average Bonchev–Trinajstić information content (AvgIpc) is 3.12. The fraction of sp³-hybridized carbons (Fsp3) is 0.179. The number of hydrogen-bond acceptors (Lipinski definition) is 5. The number of nitrogens with zero attached hydrogens (tertiary/aromatic N) is 1. The van der Waals surface area contributed by atoms with Crippen LogP contribution in [-0.4, -0.2) is 28.5 Å². The molecule has 0 saturated carbocycles. The van der Waals surface area contributed by atoms with Gasteiger partial charge in [-0.15, -0.1) is 0 Å². The minimum Gasteiger partial charge on any atom is -0.489 e. The number of imide groups is 1. The van der Waals surface area contributed by atoms with Crippen LogP contribution < -0.4 is 10.1 Å². The van der Waals surface area contributed by atoms with Gasteiger partial charge in [0.15, 0.2) is 0 Å². The fourth-order valence-corrected chi connectivity index (χ4v) is 4.84. The number of carbonyl (C=O) groups is 3. The number of benzene rings is 3. The normalized spacial score (nSPS) is 14.5. The summed E-state index contributed by atoms with van der Waals surface area (Å²) in [5.41, 5.74) is 3.29. The molecule has 0 bridgehead atoms. The number of amides is 3. The third kappa shape index (κ3) is 6.95. The van der Waals surface area contributed by atoms with Crippen molar-refractivity contribution >= 4 is 63.8 Å². The van der Waals surface area contributed by atoms with Gasteiger partial charge in [0.25, 0.3) is 11.1 Å². The molecule has 1 saturated heterocycles. The van der Waals surface area contributed by atoms with E-state index < -0.39 is 17.1 Å². The lowest BCUT2D eigenvalue weighted by molar-refractivity contribution is -0.127. The Labute approximate surface area is 229 Å². The molecule has 3 aromatic rings. The van der Waals surface area contributed by atoms with Crippen molar-refractivity contribution in [3.05, 3.63) is 98.4 Å². The van der Waals surface area contributed by atoms with Gasteiger partial charge in [-0.2, -0.15) is 0 Å². The number of thioether (sulfide) groups is 1. The van der Waals surface area contributed by atoms with Gasteiger partial charge in [-0.25, -0.2) is 0 Å². The van der Waals surface area contributed by atoms with Crippen molar-refractivity contribution in [2.24, 2.45) is 0 Å². The van der Waals surface area contributed by atoms with Crippen LogP contribution in [0.5, 0.6) is 5.75 Å². The highest BCUT2D eigenvalue weighted by Crippen LogP contribution is 2.32. The minimum absolute atomic E-state index is 0.251. The van der Waals surface area contributed by atoms with E-state index in [1.807, 2.05) is 12.1 Å². The summed E-state index contributed by atoms with van der Waals surface area (Å²) in [6.07, 6.45) is 1.62. The number of carbonyl (C=O) groups excluding carboxylic acids is 3. The topological polar surface area (TPSA) is 75.7 Å². The van der Waals surface area contributed by atoms with E-state index in [4.69, 9.17) is 27.9 Å². The van der Waals surface area contributed by atoms with Crippen LogP contribution in [0.4, 0.5) is 10.5 Å². The third-order valence-corrected chi connectivity index (χ3v) is 7.12. The monoisotopic (exact) mass is 554 g/mol. The number of rotatable bonds is 8. The average molecular weight is 555 g/mol. The Morgan fingerprint density at radius 2 is 1.73 bits per heavy atom. The summed E-state index contributed by atoms with van der Waals surface area (Å²) >= 11 is 12.9. The van der Waals surface area contributed by atoms with Crippen LogP contribution >= 0.6 is 35.0 Å². The number of anilines is 1. The van der Waals surface area contributed by atoms with Crippen molar-refractivity contribution in [1.29, 1.82) is 0 Å². The van der Waals surface area contributed by atoms with E-state index in [1.54, 1.807) is 60.7 Å². The van der Waals surface area contributed by atoms with Crippen LogP contribution in [0.15, 0.2) is 71.6 Å². The Bertz CT molecular complexity index is 1360. The molecule has 37 heavy (non-hydrogen) atoms. The second kappa shape index (κ2) is 11.9. The van der Waals surface area contributed by atoms with Crippen molar-refractivity contribution < 1.29 is 19.1 Å². The van der Waals surface area contributed by atoms with Gasteiger partial charge in [-0.3, -0.25) is 19.3 Å². The molecule has 0 radical (unpaired) electrons. The minimum atomic E-state index is -0.502. The second-order valence-electron chi connectivity index (χ2n) is 8.69. The Hall–Kier alpha value is -3.26. The summed E-state index contributed by atoms with van der Waals surface area (Å²) in [5.74, 6) is 0.0551. The Morgan fingerprint density at radius 3 is 2.38 bits per heavy atom. The molecule has 1 aliphatic heterocycles. The molecule has 1 aliphatic rings. The van der Waals surface area contributed by atoms with Gasteiger partial charge in [0.05, 0.1) is 4.91 Å². The maximum absolute atomic E-state index is 12.8. The van der Waals surface area contributed by atoms with Gasteiger partial charge >= 0.3 is 0 Å². The number of ether oxygens (including phenoxy) is 1. The van der Waals surface area contributed by atoms with Crippen molar-refractivity contribution in [3.8, 4) is 5.75 Å². The lowest BCUT2D eigenvalue weighted by Gasteiger charge is -2.13. The van der Waals surface area contributed by atoms with E-state index in [0.29, 0.717) is 27.4 Å². The zero-order valence-electron chi connectivity index (χ0n) is 20.2. The van der Waals surface area contributed by atoms with Crippen LogP contribution in [0, 0.1) is 0 Å². The van der Waals surface area contributed by atoms with E-state index in [0.717, 1.165) is 33.4 Å². The number of halogens is 2. The van der Waals surface area contributed by atoms with Gasteiger partial charge < -0.3 is 10.1 Å². The van der Waals surface area contributed by atoms with Gasteiger partial charge in [0, 0.05) is 21.3 Å². The highest BCUT2D eigenvalue weighted by molar-refractivity contribution is 8.18. The summed E-state index contributed by atoms with van der Waals surface area (Å²) < 4.78 is 5.78. The van der Waals surface area contributed by atoms with Gasteiger partial charge in [-0.1, -0.05) is 67.4 Å². The van der Waals surface area contributed by atoms with Crippen molar-refractivity contribution in [2.45, 2.75) is 26.4 Å². The maximum Gasteiger partial charge on any atom is 0.294 e. The zero-order chi connectivity index (χ0) is 26.5. The smallest absolute Gasteiger partial charge is 0.294 e. The Kier molecular flexibility index (Phi) is 8.59. The molecule has 0 spiro atoms. The van der Waals surface area contributed by atoms with Crippen LogP contribution in [0.2, 0.25) is 10.0 Å². The summed E-state index contributed by atoms with van der Waals surface area (Å²) in [5, 5.41) is 3.33. The first-order chi connectivity index (χ1) is 17.7. The lowest BCUT2D eigenvalue weighted by Crippen LogP contribution is -2.36. The first-order valence-electron chi connectivity index (χ1n) is 11.5. The fourth-order valence-electron chi connectivity index (χ4n) is 3.54.